The number of rotatable bonds is 2. The van der Waals surface area contributed by atoms with Gasteiger partial charge in [0.25, 0.3) is 5.91 Å². The van der Waals surface area contributed by atoms with Gasteiger partial charge in [-0.2, -0.15) is 0 Å². The zero-order chi connectivity index (χ0) is 15.5. The molecule has 0 N–H and O–H groups in total. The molecule has 0 aliphatic carbocycles. The van der Waals surface area contributed by atoms with Gasteiger partial charge in [-0.3, -0.25) is 4.79 Å². The number of ether oxygens (including phenoxy) is 1. The molecule has 0 radical (unpaired) electrons. The second-order valence-corrected chi connectivity index (χ2v) is 5.15. The van der Waals surface area contributed by atoms with Crippen LogP contribution in [0.15, 0.2) is 48.5 Å². The van der Waals surface area contributed by atoms with Gasteiger partial charge in [0.1, 0.15) is 6.10 Å². The molecule has 1 amide bonds. The van der Waals surface area contributed by atoms with Crippen molar-refractivity contribution < 1.29 is 18.3 Å². The van der Waals surface area contributed by atoms with Crippen molar-refractivity contribution in [1.29, 1.82) is 0 Å². The zero-order valence-electron chi connectivity index (χ0n) is 11.8. The third-order valence-corrected chi connectivity index (χ3v) is 3.69. The van der Waals surface area contributed by atoms with Gasteiger partial charge in [-0.1, -0.05) is 30.3 Å². The lowest BCUT2D eigenvalue weighted by Crippen LogP contribution is -2.42. The fraction of sp³-hybridized carbons (Fsp3) is 0.235. The van der Waals surface area contributed by atoms with Crippen LogP contribution in [-0.2, 0) is 4.74 Å². The van der Waals surface area contributed by atoms with E-state index < -0.39 is 11.6 Å². The van der Waals surface area contributed by atoms with Crippen molar-refractivity contribution >= 4 is 5.91 Å². The highest BCUT2D eigenvalue weighted by Gasteiger charge is 2.26. The van der Waals surface area contributed by atoms with Crippen molar-refractivity contribution in [2.45, 2.75) is 6.10 Å². The van der Waals surface area contributed by atoms with Crippen LogP contribution in [0.25, 0.3) is 0 Å². The van der Waals surface area contributed by atoms with Crippen LogP contribution in [0.3, 0.4) is 0 Å². The molecule has 1 heterocycles. The number of morpholine rings is 1. The molecule has 1 saturated heterocycles. The summed E-state index contributed by atoms with van der Waals surface area (Å²) in [6, 6.07) is 12.8. The lowest BCUT2D eigenvalue weighted by molar-refractivity contribution is -0.0228. The van der Waals surface area contributed by atoms with Crippen LogP contribution in [0.1, 0.15) is 22.0 Å². The summed E-state index contributed by atoms with van der Waals surface area (Å²) in [7, 11) is 0. The standard InChI is InChI=1S/C17H15F2NO2/c18-14-7-6-13(10-15(14)19)17(21)20-8-9-22-16(11-20)12-4-2-1-3-5-12/h1-7,10,16H,8-9,11H2/t16-/m1/s1. The molecule has 2 aromatic rings. The number of halogens is 2. The van der Waals surface area contributed by atoms with Crippen LogP contribution in [-0.4, -0.2) is 30.5 Å². The Morgan fingerprint density at radius 1 is 1.09 bits per heavy atom. The first-order valence-corrected chi connectivity index (χ1v) is 7.06. The van der Waals surface area contributed by atoms with Crippen LogP contribution in [0.2, 0.25) is 0 Å². The number of hydrogen-bond donors (Lipinski definition) is 0. The maximum absolute atomic E-state index is 13.3. The molecule has 22 heavy (non-hydrogen) atoms. The fourth-order valence-corrected chi connectivity index (χ4v) is 2.51. The number of carbonyl (C=O) groups is 1. The van der Waals surface area contributed by atoms with E-state index in [9.17, 15) is 13.6 Å². The molecule has 3 rings (SSSR count). The Hall–Kier alpha value is -2.27. The van der Waals surface area contributed by atoms with E-state index in [0.29, 0.717) is 19.7 Å². The van der Waals surface area contributed by atoms with Gasteiger partial charge in [-0.15, -0.1) is 0 Å². The molecule has 0 aromatic heterocycles. The van der Waals surface area contributed by atoms with Gasteiger partial charge in [0, 0.05) is 12.1 Å². The molecule has 3 nitrogen and oxygen atoms in total. The number of benzene rings is 2. The van der Waals surface area contributed by atoms with Crippen LogP contribution in [0, 0.1) is 11.6 Å². The normalized spacial score (nSPS) is 18.3. The summed E-state index contributed by atoms with van der Waals surface area (Å²) >= 11 is 0. The van der Waals surface area contributed by atoms with E-state index in [4.69, 9.17) is 4.74 Å². The van der Waals surface area contributed by atoms with E-state index >= 15 is 0 Å². The molecule has 5 heteroatoms. The quantitative estimate of drug-likeness (QED) is 0.853. The van der Waals surface area contributed by atoms with Crippen molar-refractivity contribution in [3.8, 4) is 0 Å². The van der Waals surface area contributed by atoms with Crippen molar-refractivity contribution in [2.24, 2.45) is 0 Å². The largest absolute Gasteiger partial charge is 0.370 e. The summed E-state index contributed by atoms with van der Waals surface area (Å²) in [5.41, 5.74) is 1.14. The van der Waals surface area contributed by atoms with E-state index in [1.807, 2.05) is 30.3 Å². The third kappa shape index (κ3) is 2.99. The van der Waals surface area contributed by atoms with Gasteiger partial charge < -0.3 is 9.64 Å². The average Bonchev–Trinajstić information content (AvgIpc) is 2.57. The summed E-state index contributed by atoms with van der Waals surface area (Å²) in [5, 5.41) is 0. The molecule has 0 spiro atoms. The Morgan fingerprint density at radius 3 is 2.59 bits per heavy atom. The van der Waals surface area contributed by atoms with Crippen LogP contribution in [0.4, 0.5) is 8.78 Å². The maximum atomic E-state index is 13.3. The first kappa shape index (κ1) is 14.7. The predicted octanol–water partition coefficient (Wildman–Crippen LogP) is 3.18. The molecular weight excluding hydrogens is 288 g/mol. The van der Waals surface area contributed by atoms with Gasteiger partial charge in [0.15, 0.2) is 11.6 Å². The van der Waals surface area contributed by atoms with Crippen molar-refractivity contribution in [3.05, 3.63) is 71.3 Å². The molecular formula is C17H15F2NO2. The first-order chi connectivity index (χ1) is 10.6. The minimum Gasteiger partial charge on any atom is -0.370 e. The molecule has 0 saturated carbocycles. The number of carbonyl (C=O) groups excluding carboxylic acids is 1. The Morgan fingerprint density at radius 2 is 1.86 bits per heavy atom. The topological polar surface area (TPSA) is 29.5 Å². The molecule has 2 aromatic carbocycles. The summed E-state index contributed by atoms with van der Waals surface area (Å²) in [4.78, 5) is 14.0. The fourth-order valence-electron chi connectivity index (χ4n) is 2.51. The monoisotopic (exact) mass is 303 g/mol. The molecule has 114 valence electrons. The third-order valence-electron chi connectivity index (χ3n) is 3.69. The molecule has 1 fully saturated rings. The number of nitrogens with zero attached hydrogens (tertiary/aromatic N) is 1. The van der Waals surface area contributed by atoms with Crippen LogP contribution >= 0.6 is 0 Å². The van der Waals surface area contributed by atoms with E-state index in [2.05, 4.69) is 0 Å². The Labute approximate surface area is 127 Å². The van der Waals surface area contributed by atoms with Crippen LogP contribution in [0.5, 0.6) is 0 Å². The summed E-state index contributed by atoms with van der Waals surface area (Å²) in [6.07, 6.45) is -0.204. The van der Waals surface area contributed by atoms with Crippen molar-refractivity contribution in [1.82, 2.24) is 4.90 Å². The number of hydrogen-bond acceptors (Lipinski definition) is 2. The number of amides is 1. The summed E-state index contributed by atoms with van der Waals surface area (Å²) in [6.45, 7) is 1.23. The predicted molar refractivity (Wildman–Crippen MR) is 77.4 cm³/mol. The molecule has 0 unspecified atom stereocenters. The molecule has 1 aliphatic rings. The van der Waals surface area contributed by atoms with Gasteiger partial charge in [-0.25, -0.2) is 8.78 Å². The lowest BCUT2D eigenvalue weighted by Gasteiger charge is -2.33. The van der Waals surface area contributed by atoms with Gasteiger partial charge >= 0.3 is 0 Å². The highest BCUT2D eigenvalue weighted by Crippen LogP contribution is 2.23. The second-order valence-electron chi connectivity index (χ2n) is 5.15. The second kappa shape index (κ2) is 6.23. The summed E-state index contributed by atoms with van der Waals surface area (Å²) in [5.74, 6) is -2.29. The smallest absolute Gasteiger partial charge is 0.254 e. The Bertz CT molecular complexity index is 676. The Balaban J connectivity index is 1.76. The van der Waals surface area contributed by atoms with E-state index in [0.717, 1.165) is 17.7 Å². The molecule has 0 bridgehead atoms. The zero-order valence-corrected chi connectivity index (χ0v) is 11.8. The average molecular weight is 303 g/mol. The van der Waals surface area contributed by atoms with E-state index in [1.165, 1.54) is 6.07 Å². The SMILES string of the molecule is O=C(c1ccc(F)c(F)c1)N1CCO[C@@H](c2ccccc2)C1. The van der Waals surface area contributed by atoms with Crippen molar-refractivity contribution in [3.63, 3.8) is 0 Å². The maximum Gasteiger partial charge on any atom is 0.254 e. The summed E-state index contributed by atoms with van der Waals surface area (Å²) < 4.78 is 31.9. The van der Waals surface area contributed by atoms with E-state index in [-0.39, 0.29) is 17.6 Å². The van der Waals surface area contributed by atoms with E-state index in [1.54, 1.807) is 4.90 Å². The minimum atomic E-state index is -1.02. The molecule has 1 aliphatic heterocycles. The first-order valence-electron chi connectivity index (χ1n) is 7.06. The molecule has 1 atom stereocenters. The van der Waals surface area contributed by atoms with Crippen molar-refractivity contribution in [2.75, 3.05) is 19.7 Å². The lowest BCUT2D eigenvalue weighted by atomic mass is 10.1. The van der Waals surface area contributed by atoms with Gasteiger partial charge in [0.2, 0.25) is 0 Å². The van der Waals surface area contributed by atoms with Gasteiger partial charge in [0.05, 0.1) is 13.2 Å². The van der Waals surface area contributed by atoms with Gasteiger partial charge in [-0.05, 0) is 23.8 Å². The minimum absolute atomic E-state index is 0.146. The highest BCUT2D eigenvalue weighted by atomic mass is 19.2. The van der Waals surface area contributed by atoms with Crippen LogP contribution < -0.4 is 0 Å². The highest BCUT2D eigenvalue weighted by molar-refractivity contribution is 5.94. The Kier molecular flexibility index (Phi) is 4.15.